The van der Waals surface area contributed by atoms with E-state index in [1.807, 2.05) is 240 Å². The predicted octanol–water partition coefficient (Wildman–Crippen LogP) is 22.9. The van der Waals surface area contributed by atoms with Crippen LogP contribution >= 0.6 is 10.7 Å². The highest BCUT2D eigenvalue weighted by molar-refractivity contribution is 8.13. The van der Waals surface area contributed by atoms with Crippen molar-refractivity contribution in [2.24, 2.45) is 16.7 Å². The third kappa shape index (κ3) is 27.1. The fraction of sp³-hybridized carbons (Fsp3) is 0.245. The number of pyridine rings is 6. The summed E-state index contributed by atoms with van der Waals surface area (Å²) in [5.74, 6) is 6.96. The Morgan fingerprint density at radius 3 is 1.16 bits per heavy atom. The van der Waals surface area contributed by atoms with E-state index < -0.39 is 19.1 Å². The molecular weight excluding hydrogens is 1820 g/mol. The molecule has 0 saturated carbocycles. The van der Waals surface area contributed by atoms with Crippen LogP contribution in [-0.4, -0.2) is 96.4 Å². The number of aromatic nitrogens is 16. The van der Waals surface area contributed by atoms with Crippen LogP contribution in [0.1, 0.15) is 159 Å². The zero-order chi connectivity index (χ0) is 102. The van der Waals surface area contributed by atoms with E-state index in [-0.39, 0.29) is 43.7 Å². The zero-order valence-corrected chi connectivity index (χ0v) is 85.6. The number of anilines is 4. The van der Waals surface area contributed by atoms with Crippen LogP contribution in [0.5, 0.6) is 0 Å². The van der Waals surface area contributed by atoms with Gasteiger partial charge in [0.25, 0.3) is 19.1 Å². The number of nitriles is 1. The van der Waals surface area contributed by atoms with Crippen LogP contribution in [0.15, 0.2) is 296 Å². The van der Waals surface area contributed by atoms with Gasteiger partial charge in [-0.05, 0) is 210 Å². The highest BCUT2D eigenvalue weighted by Crippen LogP contribution is 2.36. The Morgan fingerprint density at radius 2 is 0.780 bits per heavy atom. The van der Waals surface area contributed by atoms with Crippen LogP contribution in [0.3, 0.4) is 0 Å². The maximum atomic E-state index is 13.3. The lowest BCUT2D eigenvalue weighted by Gasteiger charge is -2.20. The first-order valence-corrected chi connectivity index (χ1v) is 49.6. The number of Topliss-reactive ketones (excluding diaryl/α,β-unsaturated/α-hetero) is 1. The van der Waals surface area contributed by atoms with Crippen molar-refractivity contribution < 1.29 is 26.4 Å². The second-order valence-corrected chi connectivity index (χ2v) is 43.0. The standard InChI is InChI=1S/C28H34N4O2S.C18H22N4.C14H13N3O.C14H13N3.C13H12N4.C10H13ClO2S.C9H9N3.C4H5NO/c1-19-17-26(31-35(33,34)21-13-11-20(12-14-21)28(5,6)7)32(30-19)25-10-8-9-22-23(25)15-16-29-24(22)18-27(2,3)4;1-12-10-17(19)22(21-12)16-7-5-6-13-14(16)8-9-20-15(13)11-18(2,3)4;1-10-8-11(2)17(15-10)14-5-3-4-12-9-16(18)7-6-13(12)14;1-10-8-11(2)17(16-10)14-5-3-4-12-9-15-7-6-13(12)14;1-9-7-13(14)17(16-9)12-4-2-3-10-8-15-6-5-11(10)12;1-10(2,3)8-4-6-9(7-5-8)14(11,12)13;10-12-9-3-1-2-7-6-11-5-4-8(7)9;1-4(6)2-3-5/h8-17,31H,18H2,1-7H3;5-10H,11,19H2,1-4H3;3-9H,1-2H3;3-9H,1-2H3;2-8H,14H2,1H3;4-7H,1-3H3;1-6,12H,10H2;2H2,1H3. The number of nitrogens with one attached hydrogen (secondary N) is 2. The van der Waals surface area contributed by atoms with E-state index in [0.717, 1.165) is 162 Å². The number of rotatable bonds is 13. The molecule has 0 bridgehead atoms. The lowest BCUT2D eigenvalue weighted by atomic mass is 9.87. The van der Waals surface area contributed by atoms with Crippen LogP contribution in [-0.2, 0) is 47.5 Å². The molecule has 11 aromatic heterocycles. The predicted molar refractivity (Wildman–Crippen MR) is 568 cm³/mol. The van der Waals surface area contributed by atoms with Gasteiger partial charge in [-0.1, -0.05) is 174 Å². The number of carbonyl (C=O) groups excluding carboxylic acids is 1. The number of hydrogen-bond donors (Lipinski definition) is 5. The molecule has 0 fully saturated rings. The molecule has 0 aliphatic rings. The molecule has 726 valence electrons. The van der Waals surface area contributed by atoms with Gasteiger partial charge in [-0.15, -0.1) is 0 Å². The van der Waals surface area contributed by atoms with Gasteiger partial charge in [-0.25, -0.2) is 40.2 Å². The Morgan fingerprint density at radius 1 is 0.426 bits per heavy atom. The van der Waals surface area contributed by atoms with E-state index >= 15 is 0 Å². The molecule has 0 amide bonds. The molecule has 8 aromatic carbocycles. The van der Waals surface area contributed by atoms with Gasteiger partial charge in [0, 0.05) is 172 Å². The maximum absolute atomic E-state index is 13.3. The fourth-order valence-corrected chi connectivity index (χ4v) is 17.7. The van der Waals surface area contributed by atoms with E-state index in [1.165, 1.54) is 36.0 Å². The summed E-state index contributed by atoms with van der Waals surface area (Å²) in [5.41, 5.74) is 31.8. The van der Waals surface area contributed by atoms with Crippen molar-refractivity contribution >= 4 is 123 Å². The lowest BCUT2D eigenvalue weighted by Crippen LogP contribution is -2.23. The number of fused-ring (bicyclic) bond motifs is 6. The summed E-state index contributed by atoms with van der Waals surface area (Å²) in [6.45, 7) is 41.0. The van der Waals surface area contributed by atoms with Crippen LogP contribution in [0.4, 0.5) is 23.1 Å². The first kappa shape index (κ1) is 104. The average molecular weight is 1950 g/mol. The zero-order valence-electron chi connectivity index (χ0n) is 83.2. The van der Waals surface area contributed by atoms with Crippen LogP contribution < -0.4 is 32.2 Å². The van der Waals surface area contributed by atoms with Crippen molar-refractivity contribution in [2.45, 2.75) is 178 Å². The number of nitrogens with two attached hydrogens (primary N) is 3. The summed E-state index contributed by atoms with van der Waals surface area (Å²) in [6.07, 6.45) is 19.5. The van der Waals surface area contributed by atoms with Crippen LogP contribution in [0.25, 0.3) is 93.1 Å². The smallest absolute Gasteiger partial charge is 0.263 e. The number of hydrazine groups is 1. The highest BCUT2D eigenvalue weighted by atomic mass is 35.7. The van der Waals surface area contributed by atoms with Gasteiger partial charge in [-0.3, -0.25) is 40.3 Å². The molecule has 0 unspecified atom stereocenters. The monoisotopic (exact) mass is 1940 g/mol. The van der Waals surface area contributed by atoms with E-state index in [2.05, 4.69) is 181 Å². The molecule has 0 atom stereocenters. The van der Waals surface area contributed by atoms with E-state index in [4.69, 9.17) is 33.3 Å². The van der Waals surface area contributed by atoms with Crippen molar-refractivity contribution in [3.05, 3.63) is 354 Å². The summed E-state index contributed by atoms with van der Waals surface area (Å²) in [4.78, 5) is 31.7. The molecule has 11 heterocycles. The fourth-order valence-electron chi connectivity index (χ4n) is 15.8. The van der Waals surface area contributed by atoms with Gasteiger partial charge in [0.2, 0.25) is 0 Å². The molecule has 0 spiro atoms. The van der Waals surface area contributed by atoms with E-state index in [0.29, 0.717) is 23.1 Å². The second kappa shape index (κ2) is 44.6. The van der Waals surface area contributed by atoms with Crippen LogP contribution in [0, 0.1) is 75.8 Å². The van der Waals surface area contributed by atoms with Gasteiger partial charge in [0.1, 0.15) is 23.2 Å². The number of sulfonamides is 1. The number of benzene rings is 8. The van der Waals surface area contributed by atoms with Gasteiger partial charge in [0.15, 0.2) is 12.4 Å². The number of carbonyl (C=O) groups is 1. The summed E-state index contributed by atoms with van der Waals surface area (Å²) >= 11 is 0. The summed E-state index contributed by atoms with van der Waals surface area (Å²) in [6, 6.07) is 72.9. The van der Waals surface area contributed by atoms with Gasteiger partial charge < -0.3 is 22.1 Å². The van der Waals surface area contributed by atoms with Crippen molar-refractivity contribution in [2.75, 3.05) is 21.6 Å². The molecule has 19 rings (SSSR count). The minimum atomic E-state index is -3.80. The van der Waals surface area contributed by atoms with Crippen LogP contribution in [0.2, 0.25) is 0 Å². The molecule has 28 nitrogen and oxygen atoms in total. The number of hydrogen-bond acceptors (Lipinski definition) is 21. The maximum Gasteiger partial charge on any atom is 0.263 e. The number of halogens is 1. The molecule has 31 heteroatoms. The van der Waals surface area contributed by atoms with Crippen molar-refractivity contribution in [1.82, 2.24) is 73.8 Å². The third-order valence-electron chi connectivity index (χ3n) is 22.4. The molecular formula is C110H121ClN22O6S2. The van der Waals surface area contributed by atoms with Crippen molar-refractivity contribution in [3.63, 3.8) is 0 Å². The van der Waals surface area contributed by atoms with E-state index in [9.17, 15) is 26.8 Å². The minimum absolute atomic E-state index is 0.0224. The van der Waals surface area contributed by atoms with Gasteiger partial charge in [0.05, 0.1) is 84.9 Å². The number of aryl methyl sites for hydroxylation is 7. The topological polar surface area (TPSA) is 392 Å². The summed E-state index contributed by atoms with van der Waals surface area (Å²) in [7, 11) is -2.20. The molecule has 19 aromatic rings. The lowest BCUT2D eigenvalue weighted by molar-refractivity contribution is -0.603. The normalized spacial score (nSPS) is 11.5. The first-order chi connectivity index (χ1) is 66.6. The van der Waals surface area contributed by atoms with E-state index in [1.54, 1.807) is 69.0 Å². The molecule has 8 N–H and O–H groups in total. The first-order valence-electron chi connectivity index (χ1n) is 45.8. The van der Waals surface area contributed by atoms with Crippen molar-refractivity contribution in [3.8, 4) is 34.5 Å². The number of nitrogens with zero attached hydrogens (tertiary/aromatic N) is 17. The molecule has 0 saturated heterocycles. The Hall–Kier alpha value is -15.4. The quantitative estimate of drug-likeness (QED) is 0.0235. The number of ketones is 1. The number of nitrogen functional groups attached to an aromatic ring is 3. The summed E-state index contributed by atoms with van der Waals surface area (Å²) in [5, 5.41) is 54.5. The Bertz CT molecular complexity index is 7820. The van der Waals surface area contributed by atoms with Gasteiger partial charge >= 0.3 is 0 Å². The Kier molecular flexibility index (Phi) is 33.0. The largest absolute Gasteiger partial charge is 0.619 e. The molecule has 0 aliphatic heterocycles. The highest BCUT2D eigenvalue weighted by Gasteiger charge is 2.25. The SMILES string of the molecule is CC(=O)CC#N.CC(C)(C)c1ccc(S(=O)(=O)Cl)cc1.Cc1cc(C)n(-c2cccc3c[n+]([O-])ccc23)n1.Cc1cc(C)n(-c2cccc3cnccc23)n1.Cc1cc(N)n(-c2cccc3c(CC(C)(C)C)nccc23)n1.Cc1cc(N)n(-c2cccc3cnccc23)n1.Cc1cc(NS(=O)(=O)c2ccc(C(C)(C)C)cc2)n(-c2cccc3c(CC(C)(C)C)nccc23)n1.NNc1cccc2cnccc12. The summed E-state index contributed by atoms with van der Waals surface area (Å²) < 4.78 is 61.1. The Balaban J connectivity index is 0.000000149. The molecule has 0 aliphatic carbocycles. The third-order valence-corrected chi connectivity index (χ3v) is 25.1. The van der Waals surface area contributed by atoms with Gasteiger partial charge in [-0.2, -0.15) is 35.5 Å². The van der Waals surface area contributed by atoms with Crippen molar-refractivity contribution in [1.29, 1.82) is 5.26 Å². The molecule has 141 heavy (non-hydrogen) atoms. The second-order valence-electron chi connectivity index (χ2n) is 38.7. The molecule has 0 radical (unpaired) electrons. The average Bonchev–Trinajstić information content (AvgIpc) is 1.70. The Labute approximate surface area is 828 Å². The minimum Gasteiger partial charge on any atom is -0.619 e.